The quantitative estimate of drug-likeness (QED) is 0.0387. The average Bonchev–Trinajstić information content (AvgIpc) is 3.14. The van der Waals surface area contributed by atoms with Crippen molar-refractivity contribution in [2.24, 2.45) is 0 Å². The number of hydrogen-bond donors (Lipinski definition) is 1. The molecule has 0 saturated carbocycles. The second-order valence-corrected chi connectivity index (χ2v) is 15.5. The van der Waals surface area contributed by atoms with E-state index in [0.29, 0.717) is 19.6 Å². The van der Waals surface area contributed by atoms with E-state index in [1.54, 1.807) is 0 Å². The van der Waals surface area contributed by atoms with Gasteiger partial charge in [0.1, 0.15) is 6.10 Å². The van der Waals surface area contributed by atoms with Crippen molar-refractivity contribution in [2.75, 3.05) is 19.8 Å². The van der Waals surface area contributed by atoms with Crippen molar-refractivity contribution < 1.29 is 19.4 Å². The average molecular weight is 719 g/mol. The zero-order valence-electron chi connectivity index (χ0n) is 34.6. The minimum atomic E-state index is -0.537. The Kier molecular flexibility index (Phi) is 44.0. The fourth-order valence-electron chi connectivity index (χ4n) is 6.83. The van der Waals surface area contributed by atoms with Gasteiger partial charge in [-0.25, -0.2) is 0 Å². The molecular formula is C47H90O4. The summed E-state index contributed by atoms with van der Waals surface area (Å²) >= 11 is 0. The van der Waals surface area contributed by atoms with E-state index in [1.807, 2.05) is 0 Å². The van der Waals surface area contributed by atoms with Crippen LogP contribution in [0.25, 0.3) is 0 Å². The van der Waals surface area contributed by atoms with Crippen molar-refractivity contribution in [1.82, 2.24) is 0 Å². The van der Waals surface area contributed by atoms with Crippen LogP contribution < -0.4 is 0 Å². The van der Waals surface area contributed by atoms with Crippen LogP contribution in [0.15, 0.2) is 24.3 Å². The molecule has 0 spiro atoms. The number of allylic oxidation sites excluding steroid dienone is 4. The molecule has 0 amide bonds. The number of esters is 1. The molecule has 0 fully saturated rings. The number of rotatable bonds is 43. The third-order valence-electron chi connectivity index (χ3n) is 10.3. The highest BCUT2D eigenvalue weighted by Gasteiger charge is 2.13. The number of aliphatic hydroxyl groups is 1. The van der Waals surface area contributed by atoms with Crippen molar-refractivity contribution in [3.8, 4) is 0 Å². The van der Waals surface area contributed by atoms with Crippen molar-refractivity contribution >= 4 is 5.97 Å². The molecule has 0 aliphatic carbocycles. The first-order chi connectivity index (χ1) is 25.2. The molecule has 0 saturated heterocycles. The van der Waals surface area contributed by atoms with Crippen LogP contribution in [0.1, 0.15) is 245 Å². The minimum Gasteiger partial charge on any atom is -0.457 e. The lowest BCUT2D eigenvalue weighted by molar-refractivity contribution is -0.154. The summed E-state index contributed by atoms with van der Waals surface area (Å²) in [5.41, 5.74) is 0. The summed E-state index contributed by atoms with van der Waals surface area (Å²) < 4.78 is 11.2. The molecule has 4 nitrogen and oxygen atoms in total. The lowest BCUT2D eigenvalue weighted by Crippen LogP contribution is -2.27. The Balaban J connectivity index is 3.38. The molecule has 302 valence electrons. The van der Waals surface area contributed by atoms with Crippen LogP contribution in [0.5, 0.6) is 0 Å². The topological polar surface area (TPSA) is 55.8 Å². The van der Waals surface area contributed by atoms with Crippen molar-refractivity contribution in [2.45, 2.75) is 251 Å². The smallest absolute Gasteiger partial charge is 0.306 e. The summed E-state index contributed by atoms with van der Waals surface area (Å²) in [4.78, 5) is 12.2. The predicted molar refractivity (Wildman–Crippen MR) is 224 cm³/mol. The Labute approximate surface area is 319 Å². The van der Waals surface area contributed by atoms with Gasteiger partial charge in [-0.3, -0.25) is 4.79 Å². The van der Waals surface area contributed by atoms with E-state index >= 15 is 0 Å². The van der Waals surface area contributed by atoms with Crippen LogP contribution in [-0.2, 0) is 14.3 Å². The molecule has 1 atom stereocenters. The minimum absolute atomic E-state index is 0.173. The Morgan fingerprint density at radius 2 is 0.824 bits per heavy atom. The number of aliphatic hydroxyl groups excluding tert-OH is 1. The third-order valence-corrected chi connectivity index (χ3v) is 10.3. The van der Waals surface area contributed by atoms with Crippen LogP contribution in [0, 0.1) is 0 Å². The van der Waals surface area contributed by atoms with Gasteiger partial charge in [0.25, 0.3) is 0 Å². The number of ether oxygens (including phenoxy) is 2. The molecule has 0 rings (SSSR count). The summed E-state index contributed by atoms with van der Waals surface area (Å²) in [5.74, 6) is -0.210. The summed E-state index contributed by atoms with van der Waals surface area (Å²) in [6, 6.07) is 0. The van der Waals surface area contributed by atoms with E-state index in [0.717, 1.165) is 38.5 Å². The number of carbonyl (C=O) groups excluding carboxylic acids is 1. The molecule has 51 heavy (non-hydrogen) atoms. The standard InChI is InChI=1S/C47H90O4/c1-3-5-7-9-11-13-15-17-19-21-22-23-24-25-26-27-29-31-33-35-37-39-41-43-50-45-46(44-48)51-47(49)42-40-38-36-34-32-30-28-20-18-16-14-12-10-8-6-4-2/h14,16,20,28,46,48H,3-13,15,17-19,21-27,29-45H2,1-2H3/b16-14-,28-20-. The van der Waals surface area contributed by atoms with Crippen LogP contribution in [-0.4, -0.2) is 37.0 Å². The second-order valence-electron chi connectivity index (χ2n) is 15.5. The van der Waals surface area contributed by atoms with Crippen molar-refractivity contribution in [1.29, 1.82) is 0 Å². The highest BCUT2D eigenvalue weighted by Crippen LogP contribution is 2.16. The zero-order valence-corrected chi connectivity index (χ0v) is 34.6. The zero-order chi connectivity index (χ0) is 37.0. The number of hydrogen-bond acceptors (Lipinski definition) is 4. The van der Waals surface area contributed by atoms with E-state index in [1.165, 1.54) is 186 Å². The van der Waals surface area contributed by atoms with Crippen molar-refractivity contribution in [3.63, 3.8) is 0 Å². The molecule has 0 aromatic rings. The maximum Gasteiger partial charge on any atom is 0.306 e. The maximum absolute atomic E-state index is 12.2. The molecule has 0 aliphatic heterocycles. The largest absolute Gasteiger partial charge is 0.457 e. The number of carbonyl (C=O) groups is 1. The van der Waals surface area contributed by atoms with Gasteiger partial charge in [-0.15, -0.1) is 0 Å². The Bertz CT molecular complexity index is 717. The second kappa shape index (κ2) is 45.0. The lowest BCUT2D eigenvalue weighted by Gasteiger charge is -2.15. The SMILES string of the molecule is CCCCCC/C=C\C/C=C\CCCCCCCC(=O)OC(CO)COCCCCCCCCCCCCCCCCCCCCCCCCC. The molecular weight excluding hydrogens is 629 g/mol. The van der Waals surface area contributed by atoms with Gasteiger partial charge < -0.3 is 14.6 Å². The molecule has 0 aliphatic rings. The van der Waals surface area contributed by atoms with Gasteiger partial charge >= 0.3 is 5.97 Å². The first-order valence-corrected chi connectivity index (χ1v) is 22.9. The van der Waals surface area contributed by atoms with Gasteiger partial charge in [-0.1, -0.05) is 218 Å². The fraction of sp³-hybridized carbons (Fsp3) is 0.894. The van der Waals surface area contributed by atoms with Crippen molar-refractivity contribution in [3.05, 3.63) is 24.3 Å². The summed E-state index contributed by atoms with van der Waals surface area (Å²) in [7, 11) is 0. The maximum atomic E-state index is 12.2. The molecule has 0 radical (unpaired) electrons. The van der Waals surface area contributed by atoms with Gasteiger partial charge in [0.15, 0.2) is 0 Å². The molecule has 1 unspecified atom stereocenters. The van der Waals surface area contributed by atoms with E-state index in [2.05, 4.69) is 38.2 Å². The number of unbranched alkanes of at least 4 members (excludes halogenated alkanes) is 31. The lowest BCUT2D eigenvalue weighted by atomic mass is 10.0. The van der Waals surface area contributed by atoms with Crippen LogP contribution in [0.3, 0.4) is 0 Å². The molecule has 0 heterocycles. The first-order valence-electron chi connectivity index (χ1n) is 22.9. The van der Waals surface area contributed by atoms with Gasteiger partial charge in [0.05, 0.1) is 13.2 Å². The van der Waals surface area contributed by atoms with E-state index in [9.17, 15) is 9.90 Å². The van der Waals surface area contributed by atoms with Crippen LogP contribution in [0.4, 0.5) is 0 Å². The normalized spacial score (nSPS) is 12.5. The Morgan fingerprint density at radius 3 is 1.24 bits per heavy atom. The van der Waals surface area contributed by atoms with E-state index in [4.69, 9.17) is 9.47 Å². The molecule has 0 aromatic carbocycles. The van der Waals surface area contributed by atoms with Gasteiger partial charge in [0.2, 0.25) is 0 Å². The third kappa shape index (κ3) is 43.2. The Hall–Kier alpha value is -1.13. The van der Waals surface area contributed by atoms with Crippen LogP contribution in [0.2, 0.25) is 0 Å². The summed E-state index contributed by atoms with van der Waals surface area (Å²) in [6.45, 7) is 5.35. The highest BCUT2D eigenvalue weighted by atomic mass is 16.6. The first kappa shape index (κ1) is 49.9. The monoisotopic (exact) mass is 719 g/mol. The fourth-order valence-corrected chi connectivity index (χ4v) is 6.83. The van der Waals surface area contributed by atoms with Gasteiger partial charge in [-0.2, -0.15) is 0 Å². The summed E-state index contributed by atoms with van der Waals surface area (Å²) in [5, 5.41) is 9.61. The van der Waals surface area contributed by atoms with E-state index in [-0.39, 0.29) is 12.6 Å². The van der Waals surface area contributed by atoms with Gasteiger partial charge in [0, 0.05) is 13.0 Å². The molecule has 0 aromatic heterocycles. The van der Waals surface area contributed by atoms with E-state index < -0.39 is 6.10 Å². The van der Waals surface area contributed by atoms with Crippen LogP contribution >= 0.6 is 0 Å². The predicted octanol–water partition coefficient (Wildman–Crippen LogP) is 15.1. The van der Waals surface area contributed by atoms with Gasteiger partial charge in [-0.05, 0) is 44.9 Å². The summed E-state index contributed by atoms with van der Waals surface area (Å²) in [6.07, 6.45) is 55.4. The molecule has 1 N–H and O–H groups in total. The molecule has 4 heteroatoms. The highest BCUT2D eigenvalue weighted by molar-refractivity contribution is 5.69. The Morgan fingerprint density at radius 1 is 0.471 bits per heavy atom. The molecule has 0 bridgehead atoms.